The van der Waals surface area contributed by atoms with E-state index in [2.05, 4.69) is 24.8 Å². The van der Waals surface area contributed by atoms with Gasteiger partial charge in [0.2, 0.25) is 0 Å². The fraction of sp³-hybridized carbons (Fsp3) is 0.353. The predicted octanol–water partition coefficient (Wildman–Crippen LogP) is 1.62. The molecule has 0 spiro atoms. The zero-order valence-corrected chi connectivity index (χ0v) is 14.9. The quantitative estimate of drug-likeness (QED) is 0.754. The summed E-state index contributed by atoms with van der Waals surface area (Å²) in [6, 6.07) is 3.68. The molecule has 1 aliphatic rings. The molecule has 4 rings (SSSR count). The average molecular weight is 356 g/mol. The van der Waals surface area contributed by atoms with Gasteiger partial charge in [0.1, 0.15) is 16.5 Å². The smallest absolute Gasteiger partial charge is 0.268 e. The van der Waals surface area contributed by atoms with Crippen LogP contribution in [0.5, 0.6) is 0 Å². The van der Waals surface area contributed by atoms with Gasteiger partial charge >= 0.3 is 0 Å². The number of rotatable bonds is 5. The number of aromatic nitrogens is 4. The number of hydrogen-bond acceptors (Lipinski definition) is 5. The summed E-state index contributed by atoms with van der Waals surface area (Å²) in [7, 11) is 1.87. The molecule has 3 aromatic heterocycles. The summed E-state index contributed by atoms with van der Waals surface area (Å²) in [5, 5.41) is 6.13. The van der Waals surface area contributed by atoms with Crippen molar-refractivity contribution in [1.82, 2.24) is 29.3 Å². The molecule has 0 aromatic carbocycles. The number of hydrogen-bond donors (Lipinski definition) is 1. The molecule has 4 heterocycles. The molecule has 0 saturated heterocycles. The molecule has 0 radical (unpaired) electrons. The van der Waals surface area contributed by atoms with Crippen LogP contribution in [0.1, 0.15) is 27.0 Å². The fourth-order valence-electron chi connectivity index (χ4n) is 3.13. The highest BCUT2D eigenvalue weighted by Crippen LogP contribution is 2.17. The van der Waals surface area contributed by atoms with E-state index in [0.29, 0.717) is 12.2 Å². The van der Waals surface area contributed by atoms with Gasteiger partial charge in [0.05, 0.1) is 31.5 Å². The fourth-order valence-corrected chi connectivity index (χ4v) is 3.79. The van der Waals surface area contributed by atoms with Crippen LogP contribution in [0.25, 0.3) is 0 Å². The normalized spacial score (nSPS) is 14.4. The molecule has 1 amide bonds. The Morgan fingerprint density at radius 1 is 1.36 bits per heavy atom. The summed E-state index contributed by atoms with van der Waals surface area (Å²) in [5.41, 5.74) is 1.71. The lowest BCUT2D eigenvalue weighted by atomic mass is 10.3. The Labute approximate surface area is 149 Å². The third kappa shape index (κ3) is 3.35. The van der Waals surface area contributed by atoms with Gasteiger partial charge in [0.25, 0.3) is 5.91 Å². The summed E-state index contributed by atoms with van der Waals surface area (Å²) in [4.78, 5) is 23.5. The largest absolute Gasteiger partial charge is 0.347 e. The van der Waals surface area contributed by atoms with Gasteiger partial charge in [-0.05, 0) is 12.1 Å². The maximum Gasteiger partial charge on any atom is 0.268 e. The third-order valence-electron chi connectivity index (χ3n) is 4.47. The van der Waals surface area contributed by atoms with Crippen molar-refractivity contribution in [1.29, 1.82) is 0 Å². The van der Waals surface area contributed by atoms with E-state index in [-0.39, 0.29) is 5.91 Å². The predicted molar refractivity (Wildman–Crippen MR) is 95.0 cm³/mol. The number of imidazole rings is 1. The number of nitrogens with zero attached hydrogens (tertiary/aromatic N) is 5. The Balaban J connectivity index is 1.38. The first-order chi connectivity index (χ1) is 12.2. The molecular formula is C17H20N6OS. The molecular weight excluding hydrogens is 336 g/mol. The molecule has 8 heteroatoms. The Morgan fingerprint density at radius 3 is 3.04 bits per heavy atom. The Kier molecular flexibility index (Phi) is 4.37. The van der Waals surface area contributed by atoms with Gasteiger partial charge in [-0.15, -0.1) is 11.3 Å². The molecule has 0 fully saturated rings. The highest BCUT2D eigenvalue weighted by Gasteiger charge is 2.21. The lowest BCUT2D eigenvalue weighted by Crippen LogP contribution is -2.34. The van der Waals surface area contributed by atoms with E-state index in [4.69, 9.17) is 0 Å². The molecule has 0 bridgehead atoms. The molecule has 0 saturated carbocycles. The van der Waals surface area contributed by atoms with Crippen molar-refractivity contribution in [2.24, 2.45) is 7.05 Å². The molecule has 130 valence electrons. The summed E-state index contributed by atoms with van der Waals surface area (Å²) in [6.07, 6.45) is 5.58. The van der Waals surface area contributed by atoms with Crippen molar-refractivity contribution in [3.05, 3.63) is 58.3 Å². The number of amides is 1. The van der Waals surface area contributed by atoms with Crippen molar-refractivity contribution < 1.29 is 4.79 Å². The van der Waals surface area contributed by atoms with E-state index in [9.17, 15) is 4.79 Å². The van der Waals surface area contributed by atoms with Crippen molar-refractivity contribution in [3.8, 4) is 0 Å². The molecule has 25 heavy (non-hydrogen) atoms. The minimum atomic E-state index is -0.0655. The molecule has 7 nitrogen and oxygen atoms in total. The SMILES string of the molecule is Cn1cccc1C(=O)NCc1cnc2n1CCN(Cc1nccs1)C2. The summed E-state index contributed by atoms with van der Waals surface area (Å²) in [5.74, 6) is 0.982. The van der Waals surface area contributed by atoms with Crippen LogP contribution in [0.2, 0.25) is 0 Å². The average Bonchev–Trinajstić information content (AvgIpc) is 3.34. The lowest BCUT2D eigenvalue weighted by molar-refractivity contribution is 0.0941. The molecule has 3 aromatic rings. The molecule has 0 atom stereocenters. The zero-order valence-electron chi connectivity index (χ0n) is 14.1. The van der Waals surface area contributed by atoms with Crippen LogP contribution in [0.4, 0.5) is 0 Å². The van der Waals surface area contributed by atoms with Crippen LogP contribution in [-0.2, 0) is 33.2 Å². The standard InChI is InChI=1S/C17H20N6OS/c1-21-5-2-3-14(21)17(24)20-10-13-9-19-15-11-22(6-7-23(13)15)12-16-18-4-8-25-16/h2-5,8-9H,6-7,10-12H2,1H3,(H,20,24). The molecule has 0 aliphatic carbocycles. The number of carbonyl (C=O) groups is 1. The van der Waals surface area contributed by atoms with Crippen molar-refractivity contribution >= 4 is 17.2 Å². The number of nitrogens with one attached hydrogen (secondary N) is 1. The summed E-state index contributed by atoms with van der Waals surface area (Å²) in [6.45, 7) is 4.01. The van der Waals surface area contributed by atoms with E-state index in [1.54, 1.807) is 11.3 Å². The van der Waals surface area contributed by atoms with Crippen LogP contribution < -0.4 is 5.32 Å². The first-order valence-electron chi connectivity index (χ1n) is 8.24. The maximum absolute atomic E-state index is 12.2. The summed E-state index contributed by atoms with van der Waals surface area (Å²) < 4.78 is 4.03. The highest BCUT2D eigenvalue weighted by atomic mass is 32.1. The van der Waals surface area contributed by atoms with Gasteiger partial charge in [-0.25, -0.2) is 9.97 Å². The van der Waals surface area contributed by atoms with Crippen LogP contribution in [-0.4, -0.2) is 36.5 Å². The van der Waals surface area contributed by atoms with Crippen molar-refractivity contribution in [2.75, 3.05) is 6.54 Å². The van der Waals surface area contributed by atoms with Crippen molar-refractivity contribution in [3.63, 3.8) is 0 Å². The topological polar surface area (TPSA) is 68.0 Å². The van der Waals surface area contributed by atoms with E-state index in [1.165, 1.54) is 0 Å². The second-order valence-corrected chi connectivity index (χ2v) is 7.12. The van der Waals surface area contributed by atoms with Gasteiger partial charge in [0.15, 0.2) is 0 Å². The Hall–Kier alpha value is -2.45. The van der Waals surface area contributed by atoms with Crippen LogP contribution in [0.3, 0.4) is 0 Å². The third-order valence-corrected chi connectivity index (χ3v) is 5.24. The van der Waals surface area contributed by atoms with Gasteiger partial charge in [-0.1, -0.05) is 0 Å². The van der Waals surface area contributed by atoms with E-state index in [1.807, 2.05) is 47.7 Å². The van der Waals surface area contributed by atoms with Crippen LogP contribution in [0.15, 0.2) is 36.1 Å². The maximum atomic E-state index is 12.2. The second kappa shape index (κ2) is 6.81. The number of aryl methyl sites for hydroxylation is 1. The number of fused-ring (bicyclic) bond motifs is 1. The highest BCUT2D eigenvalue weighted by molar-refractivity contribution is 7.09. The van der Waals surface area contributed by atoms with Crippen LogP contribution >= 0.6 is 11.3 Å². The van der Waals surface area contributed by atoms with Gasteiger partial charge < -0.3 is 14.5 Å². The van der Waals surface area contributed by atoms with Crippen molar-refractivity contribution in [2.45, 2.75) is 26.2 Å². The first-order valence-corrected chi connectivity index (χ1v) is 9.12. The van der Waals surface area contributed by atoms with Crippen LogP contribution in [0, 0.1) is 0 Å². The monoisotopic (exact) mass is 356 g/mol. The Morgan fingerprint density at radius 2 is 2.28 bits per heavy atom. The van der Waals surface area contributed by atoms with Gasteiger partial charge in [-0.2, -0.15) is 0 Å². The number of carbonyl (C=O) groups excluding carboxylic acids is 1. The second-order valence-electron chi connectivity index (χ2n) is 6.14. The minimum absolute atomic E-state index is 0.0655. The minimum Gasteiger partial charge on any atom is -0.347 e. The van der Waals surface area contributed by atoms with E-state index < -0.39 is 0 Å². The number of thiazole rings is 1. The lowest BCUT2D eigenvalue weighted by Gasteiger charge is -2.27. The Bertz CT molecular complexity index is 866. The molecule has 1 N–H and O–H groups in total. The molecule has 1 aliphatic heterocycles. The van der Waals surface area contributed by atoms with Gasteiger partial charge in [-0.3, -0.25) is 9.69 Å². The molecule has 0 unspecified atom stereocenters. The zero-order chi connectivity index (χ0) is 17.2. The van der Waals surface area contributed by atoms with Gasteiger partial charge in [0, 0.05) is 37.9 Å². The summed E-state index contributed by atoms with van der Waals surface area (Å²) >= 11 is 1.68. The van der Waals surface area contributed by atoms with E-state index >= 15 is 0 Å². The van der Waals surface area contributed by atoms with E-state index in [0.717, 1.165) is 42.7 Å². The first kappa shape index (κ1) is 16.0.